The fourth-order valence-electron chi connectivity index (χ4n) is 2.37. The average molecular weight is 303 g/mol. The molecule has 5 heteroatoms. The van der Waals surface area contributed by atoms with E-state index in [0.29, 0.717) is 5.02 Å². The highest BCUT2D eigenvalue weighted by Gasteiger charge is 2.50. The fourth-order valence-corrected chi connectivity index (χ4v) is 3.26. The van der Waals surface area contributed by atoms with Gasteiger partial charge in [-0.05, 0) is 40.8 Å². The third-order valence-electron chi connectivity index (χ3n) is 3.45. The zero-order valence-corrected chi connectivity index (χ0v) is 11.1. The van der Waals surface area contributed by atoms with Crippen LogP contribution in [0.4, 0.5) is 5.82 Å². The Morgan fingerprint density at radius 2 is 2.19 bits per heavy atom. The Bertz CT molecular complexity index is 427. The van der Waals surface area contributed by atoms with Crippen LogP contribution in [0.2, 0.25) is 5.02 Å². The molecule has 3 rings (SSSR count). The molecule has 86 valence electrons. The molecule has 2 aliphatic rings. The van der Waals surface area contributed by atoms with E-state index < -0.39 is 0 Å². The van der Waals surface area contributed by atoms with E-state index >= 15 is 0 Å². The molecular formula is C11H13BrClN3. The third-order valence-corrected chi connectivity index (χ3v) is 4.24. The summed E-state index contributed by atoms with van der Waals surface area (Å²) in [5.74, 6) is 1.68. The molecule has 16 heavy (non-hydrogen) atoms. The van der Waals surface area contributed by atoms with Crippen LogP contribution in [0.5, 0.6) is 0 Å². The van der Waals surface area contributed by atoms with E-state index in [4.69, 9.17) is 17.3 Å². The lowest BCUT2D eigenvalue weighted by atomic mass is 9.86. The lowest BCUT2D eigenvalue weighted by molar-refractivity contribution is 0.289. The second kappa shape index (κ2) is 3.59. The molecule has 2 N–H and O–H groups in total. The van der Waals surface area contributed by atoms with Crippen molar-refractivity contribution in [3.8, 4) is 0 Å². The van der Waals surface area contributed by atoms with Crippen molar-refractivity contribution < 1.29 is 0 Å². The van der Waals surface area contributed by atoms with Gasteiger partial charge in [0.15, 0.2) is 0 Å². The monoisotopic (exact) mass is 301 g/mol. The molecule has 0 spiro atoms. The van der Waals surface area contributed by atoms with Gasteiger partial charge in [-0.1, -0.05) is 11.6 Å². The molecule has 0 bridgehead atoms. The van der Waals surface area contributed by atoms with Crippen LogP contribution >= 0.6 is 27.5 Å². The Labute approximate surface area is 108 Å². The highest BCUT2D eigenvalue weighted by molar-refractivity contribution is 9.10. The average Bonchev–Trinajstić information content (AvgIpc) is 2.97. The van der Waals surface area contributed by atoms with Crippen molar-refractivity contribution in [3.05, 3.63) is 21.8 Å². The Balaban J connectivity index is 1.75. The van der Waals surface area contributed by atoms with E-state index in [0.717, 1.165) is 29.3 Å². The fraction of sp³-hybridized carbons (Fsp3) is 0.545. The Kier molecular flexibility index (Phi) is 2.42. The second-order valence-electron chi connectivity index (χ2n) is 4.82. The SMILES string of the molecule is NC1(C2CC2)CN(c2ncc(Cl)cc2Br)C1. The highest BCUT2D eigenvalue weighted by Crippen LogP contribution is 2.44. The summed E-state index contributed by atoms with van der Waals surface area (Å²) < 4.78 is 0.942. The summed E-state index contributed by atoms with van der Waals surface area (Å²) in [5, 5.41) is 0.650. The molecule has 1 aromatic heterocycles. The first-order chi connectivity index (χ1) is 7.58. The van der Waals surface area contributed by atoms with Gasteiger partial charge in [0, 0.05) is 19.3 Å². The number of nitrogens with zero attached hydrogens (tertiary/aromatic N) is 2. The highest BCUT2D eigenvalue weighted by atomic mass is 79.9. The predicted molar refractivity (Wildman–Crippen MR) is 68.8 cm³/mol. The molecule has 1 aliphatic heterocycles. The Morgan fingerprint density at radius 3 is 2.75 bits per heavy atom. The molecule has 1 saturated carbocycles. The lowest BCUT2D eigenvalue weighted by Crippen LogP contribution is -2.69. The molecule has 1 aromatic rings. The van der Waals surface area contributed by atoms with Gasteiger partial charge in [-0.15, -0.1) is 0 Å². The quantitative estimate of drug-likeness (QED) is 0.912. The van der Waals surface area contributed by atoms with Crippen molar-refractivity contribution in [2.75, 3.05) is 18.0 Å². The molecule has 0 unspecified atom stereocenters. The van der Waals surface area contributed by atoms with Gasteiger partial charge >= 0.3 is 0 Å². The molecular weight excluding hydrogens is 289 g/mol. The maximum Gasteiger partial charge on any atom is 0.143 e. The summed E-state index contributed by atoms with van der Waals surface area (Å²) in [6, 6.07) is 1.87. The molecule has 0 atom stereocenters. The number of hydrogen-bond acceptors (Lipinski definition) is 3. The molecule has 1 saturated heterocycles. The van der Waals surface area contributed by atoms with Gasteiger partial charge in [-0.3, -0.25) is 0 Å². The molecule has 2 heterocycles. The topological polar surface area (TPSA) is 42.1 Å². The first-order valence-corrected chi connectivity index (χ1v) is 6.60. The van der Waals surface area contributed by atoms with E-state index in [1.165, 1.54) is 12.8 Å². The molecule has 0 radical (unpaired) electrons. The second-order valence-corrected chi connectivity index (χ2v) is 6.11. The summed E-state index contributed by atoms with van der Waals surface area (Å²) in [6.07, 6.45) is 4.26. The number of rotatable bonds is 2. The first kappa shape index (κ1) is 10.8. The number of pyridine rings is 1. The maximum atomic E-state index is 6.31. The maximum absolute atomic E-state index is 6.31. The molecule has 0 amide bonds. The summed E-state index contributed by atoms with van der Waals surface area (Å²) in [7, 11) is 0. The zero-order chi connectivity index (χ0) is 11.3. The summed E-state index contributed by atoms with van der Waals surface area (Å²) in [5.41, 5.74) is 6.33. The molecule has 3 nitrogen and oxygen atoms in total. The van der Waals surface area contributed by atoms with Crippen LogP contribution in [0.25, 0.3) is 0 Å². The number of aromatic nitrogens is 1. The van der Waals surface area contributed by atoms with E-state index in [9.17, 15) is 0 Å². The van der Waals surface area contributed by atoms with Crippen molar-refractivity contribution in [2.45, 2.75) is 18.4 Å². The Morgan fingerprint density at radius 1 is 1.50 bits per heavy atom. The van der Waals surface area contributed by atoms with Gasteiger partial charge in [-0.2, -0.15) is 0 Å². The van der Waals surface area contributed by atoms with Crippen LogP contribution < -0.4 is 10.6 Å². The minimum absolute atomic E-state index is 0.0285. The summed E-state index contributed by atoms with van der Waals surface area (Å²) in [6.45, 7) is 1.82. The molecule has 1 aliphatic carbocycles. The van der Waals surface area contributed by atoms with Gasteiger partial charge in [0.05, 0.1) is 15.0 Å². The van der Waals surface area contributed by atoms with Crippen LogP contribution in [0.15, 0.2) is 16.7 Å². The van der Waals surface area contributed by atoms with Crippen LogP contribution in [-0.2, 0) is 0 Å². The van der Waals surface area contributed by atoms with E-state index in [1.54, 1.807) is 6.20 Å². The normalized spacial score (nSPS) is 23.1. The van der Waals surface area contributed by atoms with Crippen LogP contribution in [0.3, 0.4) is 0 Å². The number of halogens is 2. The van der Waals surface area contributed by atoms with Crippen molar-refractivity contribution >= 4 is 33.3 Å². The Hall–Kier alpha value is -0.320. The third kappa shape index (κ3) is 1.73. The minimum Gasteiger partial charge on any atom is -0.352 e. The van der Waals surface area contributed by atoms with E-state index in [1.807, 2.05) is 6.07 Å². The van der Waals surface area contributed by atoms with E-state index in [-0.39, 0.29) is 5.54 Å². The number of nitrogens with two attached hydrogens (primary N) is 1. The van der Waals surface area contributed by atoms with Crippen molar-refractivity contribution in [3.63, 3.8) is 0 Å². The van der Waals surface area contributed by atoms with Gasteiger partial charge in [0.2, 0.25) is 0 Å². The first-order valence-electron chi connectivity index (χ1n) is 5.43. The summed E-state index contributed by atoms with van der Waals surface area (Å²) in [4.78, 5) is 6.54. The number of anilines is 1. The van der Waals surface area contributed by atoms with E-state index in [2.05, 4.69) is 25.8 Å². The smallest absolute Gasteiger partial charge is 0.143 e. The largest absolute Gasteiger partial charge is 0.352 e. The van der Waals surface area contributed by atoms with Gasteiger partial charge in [-0.25, -0.2) is 4.98 Å². The predicted octanol–water partition coefficient (Wildman–Crippen LogP) is 2.42. The van der Waals surface area contributed by atoms with Crippen molar-refractivity contribution in [2.24, 2.45) is 11.7 Å². The van der Waals surface area contributed by atoms with Gasteiger partial charge < -0.3 is 10.6 Å². The van der Waals surface area contributed by atoms with Crippen molar-refractivity contribution in [1.82, 2.24) is 4.98 Å². The zero-order valence-electron chi connectivity index (χ0n) is 8.79. The number of hydrogen-bond donors (Lipinski definition) is 1. The van der Waals surface area contributed by atoms with Gasteiger partial charge in [0.25, 0.3) is 0 Å². The summed E-state index contributed by atoms with van der Waals surface area (Å²) >= 11 is 9.35. The minimum atomic E-state index is 0.0285. The van der Waals surface area contributed by atoms with Gasteiger partial charge in [0.1, 0.15) is 5.82 Å². The van der Waals surface area contributed by atoms with Crippen molar-refractivity contribution in [1.29, 1.82) is 0 Å². The van der Waals surface area contributed by atoms with Crippen LogP contribution in [-0.4, -0.2) is 23.6 Å². The standard InChI is InChI=1S/C11H13BrClN3/c12-9-3-8(13)4-15-10(9)16-5-11(14,6-16)7-1-2-7/h3-4,7H,1-2,5-6,14H2. The molecule has 0 aromatic carbocycles. The van der Waals surface area contributed by atoms with Crippen LogP contribution in [0, 0.1) is 5.92 Å². The lowest BCUT2D eigenvalue weighted by Gasteiger charge is -2.49. The molecule has 2 fully saturated rings. The van der Waals surface area contributed by atoms with Crippen LogP contribution in [0.1, 0.15) is 12.8 Å².